The molecule has 1 aromatic carbocycles. The van der Waals surface area contributed by atoms with Crippen molar-refractivity contribution in [2.24, 2.45) is 11.7 Å². The Hall–Kier alpha value is -2.08. The lowest BCUT2D eigenvalue weighted by Gasteiger charge is -2.23. The number of nitrogens with two attached hydrogens (primary N) is 1. The van der Waals surface area contributed by atoms with E-state index >= 15 is 0 Å². The number of carbonyl (C=O) groups excluding carboxylic acids is 1. The summed E-state index contributed by atoms with van der Waals surface area (Å²) in [5.74, 6) is 1.29. The number of unbranched alkanes of at least 4 members (excludes halogenated alkanes) is 3. The van der Waals surface area contributed by atoms with E-state index in [0.717, 1.165) is 68.9 Å². The van der Waals surface area contributed by atoms with E-state index in [1.165, 1.54) is 29.5 Å². The van der Waals surface area contributed by atoms with E-state index in [1.54, 1.807) is 11.9 Å². The van der Waals surface area contributed by atoms with Gasteiger partial charge in [-0.15, -0.1) is 0 Å². The Labute approximate surface area is 237 Å². The lowest BCUT2D eigenvalue weighted by atomic mass is 9.83. The first kappa shape index (κ1) is 33.9. The Bertz CT molecular complexity index is 879. The van der Waals surface area contributed by atoms with Gasteiger partial charge in [0.25, 0.3) is 0 Å². The zero-order chi connectivity index (χ0) is 28.2. The van der Waals surface area contributed by atoms with E-state index in [2.05, 4.69) is 49.5 Å². The molecule has 4 N–H and O–H groups in total. The molecule has 38 heavy (non-hydrogen) atoms. The summed E-state index contributed by atoms with van der Waals surface area (Å²) in [6, 6.07) is 8.23. The van der Waals surface area contributed by atoms with Crippen LogP contribution in [0.5, 0.6) is 0 Å². The molecular weight excluding hydrogens is 494 g/mol. The van der Waals surface area contributed by atoms with E-state index in [1.807, 2.05) is 25.3 Å². The second kappa shape index (κ2) is 20.8. The molecule has 0 spiro atoms. The number of amides is 2. The van der Waals surface area contributed by atoms with Gasteiger partial charge in [0.2, 0.25) is 0 Å². The molecule has 1 unspecified atom stereocenters. The summed E-state index contributed by atoms with van der Waals surface area (Å²) in [5, 5.41) is 13.0. The molecule has 1 aliphatic carbocycles. The van der Waals surface area contributed by atoms with Crippen molar-refractivity contribution >= 4 is 23.2 Å². The maximum atomic E-state index is 11.2. The maximum Gasteiger partial charge on any atom is 0.314 e. The fourth-order valence-electron chi connectivity index (χ4n) is 4.64. The highest BCUT2D eigenvalue weighted by molar-refractivity contribution is 6.34. The number of primary amides is 1. The predicted molar refractivity (Wildman–Crippen MR) is 164 cm³/mol. The highest BCUT2D eigenvalue weighted by Crippen LogP contribution is 2.37. The number of aliphatic hydroxyl groups is 1. The van der Waals surface area contributed by atoms with Crippen LogP contribution in [0.3, 0.4) is 0 Å². The molecule has 0 fully saturated rings. The van der Waals surface area contributed by atoms with Crippen molar-refractivity contribution in [1.29, 1.82) is 0 Å². The van der Waals surface area contributed by atoms with Gasteiger partial charge in [0, 0.05) is 25.2 Å². The third kappa shape index (κ3) is 14.2. The van der Waals surface area contributed by atoms with Gasteiger partial charge in [-0.1, -0.05) is 87.2 Å². The normalized spacial score (nSPS) is 13.8. The molecule has 0 radical (unpaired) electrons. The van der Waals surface area contributed by atoms with Crippen LogP contribution in [0, 0.1) is 5.92 Å². The number of aliphatic hydroxyl groups excluding tert-OH is 1. The van der Waals surface area contributed by atoms with Crippen molar-refractivity contribution in [3.05, 3.63) is 64.7 Å². The van der Waals surface area contributed by atoms with Crippen LogP contribution in [0.2, 0.25) is 0 Å². The number of carbonyl (C=O) groups is 1. The molecule has 0 saturated carbocycles. The first-order valence-corrected chi connectivity index (χ1v) is 14.8. The molecule has 0 aromatic heterocycles. The molecule has 5 nitrogen and oxygen atoms in total. The number of allylic oxidation sites excluding steroid dienone is 6. The van der Waals surface area contributed by atoms with Crippen LogP contribution >= 0.6 is 11.6 Å². The van der Waals surface area contributed by atoms with Crippen LogP contribution < -0.4 is 11.1 Å². The van der Waals surface area contributed by atoms with Gasteiger partial charge in [-0.3, -0.25) is 0 Å². The molecule has 1 atom stereocenters. The maximum absolute atomic E-state index is 11.2. The van der Waals surface area contributed by atoms with Crippen LogP contribution in [-0.2, 0) is 0 Å². The second-order valence-corrected chi connectivity index (χ2v) is 11.0. The summed E-state index contributed by atoms with van der Waals surface area (Å²) in [6.07, 6.45) is 18.7. The summed E-state index contributed by atoms with van der Waals surface area (Å²) in [4.78, 5) is 12.8. The molecule has 6 heteroatoms. The molecule has 214 valence electrons. The van der Waals surface area contributed by atoms with E-state index < -0.39 is 0 Å². The Balaban J connectivity index is 0.000000781. The van der Waals surface area contributed by atoms with E-state index in [-0.39, 0.29) is 12.6 Å². The molecular formula is C32H52ClN3O2. The quantitative estimate of drug-likeness (QED) is 0.187. The van der Waals surface area contributed by atoms with Gasteiger partial charge in [-0.2, -0.15) is 0 Å². The predicted octanol–water partition coefficient (Wildman–Crippen LogP) is 7.61. The van der Waals surface area contributed by atoms with Crippen molar-refractivity contribution in [3.63, 3.8) is 0 Å². The molecule has 0 heterocycles. The molecule has 0 aliphatic heterocycles. The van der Waals surface area contributed by atoms with Crippen molar-refractivity contribution in [2.75, 3.05) is 33.8 Å². The molecule has 0 saturated heterocycles. The Kier molecular flexibility index (Phi) is 18.6. The fourth-order valence-corrected chi connectivity index (χ4v) is 4.89. The lowest BCUT2D eigenvalue weighted by molar-refractivity contribution is 0.217. The first-order valence-electron chi connectivity index (χ1n) is 14.4. The number of hydrogen-bond donors (Lipinski definition) is 3. The van der Waals surface area contributed by atoms with Crippen LogP contribution in [-0.4, -0.2) is 49.8 Å². The largest absolute Gasteiger partial charge is 0.396 e. The average molecular weight is 546 g/mol. The van der Waals surface area contributed by atoms with Crippen molar-refractivity contribution in [2.45, 2.75) is 84.0 Å². The summed E-state index contributed by atoms with van der Waals surface area (Å²) >= 11 is 6.61. The summed E-state index contributed by atoms with van der Waals surface area (Å²) in [6.45, 7) is 6.62. The van der Waals surface area contributed by atoms with Gasteiger partial charge < -0.3 is 21.1 Å². The number of halogens is 1. The van der Waals surface area contributed by atoms with Gasteiger partial charge in [0.05, 0.1) is 0 Å². The van der Waals surface area contributed by atoms with Gasteiger partial charge in [-0.05, 0) is 93.2 Å². The number of nitrogens with zero attached hydrogens (tertiary/aromatic N) is 1. The highest BCUT2D eigenvalue weighted by atomic mass is 35.5. The number of benzene rings is 1. The van der Waals surface area contributed by atoms with E-state index in [9.17, 15) is 4.79 Å². The minimum atomic E-state index is -0.378. The fraction of sp³-hybridized carbons (Fsp3) is 0.594. The Morgan fingerprint density at radius 2 is 1.76 bits per heavy atom. The molecule has 2 amide bonds. The number of nitrogens with one attached hydrogen (secondary N) is 1. The Morgan fingerprint density at radius 1 is 1.05 bits per heavy atom. The van der Waals surface area contributed by atoms with Gasteiger partial charge in [0.1, 0.15) is 0 Å². The van der Waals surface area contributed by atoms with Gasteiger partial charge >= 0.3 is 6.03 Å². The standard InChI is InChI=1S/C25H35ClN2O2.C7H17N/c1-28(25(27)30)18-10-9-13-20(12-4-3-11-19-29)21-14-7-8-15-22(21)23-16-5-2-6-17-24(23)26;1-7(2)5-4-6-8-3/h2,5-8,14-15,17,20,29H,3-4,9-13,16,18-19H2,1H3,(H2,27,30);7-8H,4-6H2,1-3H3. The van der Waals surface area contributed by atoms with Crippen molar-refractivity contribution in [3.8, 4) is 0 Å². The van der Waals surface area contributed by atoms with E-state index in [0.29, 0.717) is 12.5 Å². The summed E-state index contributed by atoms with van der Waals surface area (Å²) in [5.41, 5.74) is 9.09. The lowest BCUT2D eigenvalue weighted by Crippen LogP contribution is -2.32. The monoisotopic (exact) mass is 545 g/mol. The average Bonchev–Trinajstić information content (AvgIpc) is 3.12. The topological polar surface area (TPSA) is 78.6 Å². The minimum absolute atomic E-state index is 0.252. The van der Waals surface area contributed by atoms with Crippen LogP contribution in [0.4, 0.5) is 4.79 Å². The van der Waals surface area contributed by atoms with Crippen molar-refractivity contribution < 1.29 is 9.90 Å². The Morgan fingerprint density at radius 3 is 2.42 bits per heavy atom. The van der Waals surface area contributed by atoms with Crippen LogP contribution in [0.25, 0.3) is 5.57 Å². The number of hydrogen-bond acceptors (Lipinski definition) is 3. The SMILES string of the molecule is CN(CCCCC(CCCCCO)c1ccccc1C1=C(Cl)C=CC=CC1)C(N)=O.CNCCCC(C)C. The van der Waals surface area contributed by atoms with Crippen LogP contribution in [0.1, 0.15) is 95.1 Å². The zero-order valence-corrected chi connectivity index (χ0v) is 25.0. The van der Waals surface area contributed by atoms with Gasteiger partial charge in [0.15, 0.2) is 0 Å². The van der Waals surface area contributed by atoms with Gasteiger partial charge in [-0.25, -0.2) is 4.79 Å². The minimum Gasteiger partial charge on any atom is -0.396 e. The number of rotatable bonds is 16. The summed E-state index contributed by atoms with van der Waals surface area (Å²) < 4.78 is 0. The van der Waals surface area contributed by atoms with E-state index in [4.69, 9.17) is 22.4 Å². The molecule has 1 aliphatic rings. The first-order chi connectivity index (χ1) is 18.3. The van der Waals surface area contributed by atoms with Crippen LogP contribution in [0.15, 0.2) is 53.6 Å². The number of urea groups is 1. The van der Waals surface area contributed by atoms with Crippen molar-refractivity contribution in [1.82, 2.24) is 10.2 Å². The summed E-state index contributed by atoms with van der Waals surface area (Å²) in [7, 11) is 3.74. The molecule has 1 aromatic rings. The zero-order valence-electron chi connectivity index (χ0n) is 24.2. The molecule has 0 bridgehead atoms. The third-order valence-electron chi connectivity index (χ3n) is 6.92. The molecule has 2 rings (SSSR count). The smallest absolute Gasteiger partial charge is 0.314 e. The highest BCUT2D eigenvalue weighted by Gasteiger charge is 2.18. The second-order valence-electron chi connectivity index (χ2n) is 10.6. The third-order valence-corrected chi connectivity index (χ3v) is 7.27.